The highest BCUT2D eigenvalue weighted by Crippen LogP contribution is 2.29. The molecule has 0 amide bonds. The molecule has 1 unspecified atom stereocenters. The number of ether oxygens (including phenoxy) is 2. The van der Waals surface area contributed by atoms with Crippen LogP contribution in [-0.4, -0.2) is 19.3 Å². The predicted molar refractivity (Wildman–Crippen MR) is 65.6 cm³/mol. The first-order valence-corrected chi connectivity index (χ1v) is 5.48. The van der Waals surface area contributed by atoms with Crippen molar-refractivity contribution >= 4 is 0 Å². The van der Waals surface area contributed by atoms with E-state index in [0.717, 1.165) is 11.3 Å². The van der Waals surface area contributed by atoms with Crippen molar-refractivity contribution < 1.29 is 9.47 Å². The Labute approximate surface area is 97.6 Å². The van der Waals surface area contributed by atoms with Crippen LogP contribution in [0.2, 0.25) is 0 Å². The number of hydrogen-bond donors (Lipinski definition) is 1. The lowest BCUT2D eigenvalue weighted by Gasteiger charge is -2.27. The van der Waals surface area contributed by atoms with Gasteiger partial charge in [-0.2, -0.15) is 0 Å². The van der Waals surface area contributed by atoms with Gasteiger partial charge >= 0.3 is 0 Å². The van der Waals surface area contributed by atoms with Crippen LogP contribution in [-0.2, 0) is 4.74 Å². The van der Waals surface area contributed by atoms with Crippen molar-refractivity contribution in [2.75, 3.05) is 13.7 Å². The van der Waals surface area contributed by atoms with Gasteiger partial charge in [-0.3, -0.25) is 0 Å². The zero-order valence-corrected chi connectivity index (χ0v) is 10.5. The lowest BCUT2D eigenvalue weighted by Crippen LogP contribution is -2.27. The van der Waals surface area contributed by atoms with Gasteiger partial charge in [-0.05, 0) is 26.8 Å². The maximum absolute atomic E-state index is 5.91. The Kier molecular flexibility index (Phi) is 4.33. The molecule has 1 rings (SSSR count). The van der Waals surface area contributed by atoms with E-state index in [1.807, 2.05) is 45.0 Å². The van der Waals surface area contributed by atoms with Crippen molar-refractivity contribution in [3.63, 3.8) is 0 Å². The summed E-state index contributed by atoms with van der Waals surface area (Å²) < 4.78 is 11.2. The molecule has 0 fully saturated rings. The highest BCUT2D eigenvalue weighted by atomic mass is 16.5. The Balaban J connectivity index is 2.94. The standard InChI is InChI=1S/C13H21NO2/c1-13(2,3)16-12(9-14)10-7-5-6-8-11(10)15-4/h5-8,12H,9,14H2,1-4H3. The highest BCUT2D eigenvalue weighted by Gasteiger charge is 2.21. The van der Waals surface area contributed by atoms with Crippen LogP contribution < -0.4 is 10.5 Å². The van der Waals surface area contributed by atoms with Gasteiger partial charge in [-0.15, -0.1) is 0 Å². The number of hydrogen-bond acceptors (Lipinski definition) is 3. The lowest BCUT2D eigenvalue weighted by molar-refractivity contribution is -0.0580. The summed E-state index contributed by atoms with van der Waals surface area (Å²) in [6.07, 6.45) is -0.129. The average Bonchev–Trinajstić information content (AvgIpc) is 2.24. The Morgan fingerprint density at radius 2 is 1.88 bits per heavy atom. The first kappa shape index (κ1) is 13.0. The van der Waals surface area contributed by atoms with Gasteiger partial charge in [0, 0.05) is 12.1 Å². The van der Waals surface area contributed by atoms with Crippen molar-refractivity contribution in [2.24, 2.45) is 5.73 Å². The van der Waals surface area contributed by atoms with Crippen molar-refractivity contribution in [1.82, 2.24) is 0 Å². The predicted octanol–water partition coefficient (Wildman–Crippen LogP) is 2.51. The van der Waals surface area contributed by atoms with Crippen LogP contribution in [0.5, 0.6) is 5.75 Å². The number of nitrogens with two attached hydrogens (primary N) is 1. The van der Waals surface area contributed by atoms with Crippen LogP contribution in [0.15, 0.2) is 24.3 Å². The van der Waals surface area contributed by atoms with E-state index in [0.29, 0.717) is 6.54 Å². The molecule has 2 N–H and O–H groups in total. The molecule has 0 saturated heterocycles. The molecule has 0 saturated carbocycles. The molecule has 0 bridgehead atoms. The molecule has 0 spiro atoms. The fourth-order valence-corrected chi connectivity index (χ4v) is 1.60. The van der Waals surface area contributed by atoms with Crippen LogP contribution in [0.3, 0.4) is 0 Å². The van der Waals surface area contributed by atoms with Gasteiger partial charge in [-0.1, -0.05) is 18.2 Å². The van der Waals surface area contributed by atoms with Gasteiger partial charge in [0.15, 0.2) is 0 Å². The first-order valence-electron chi connectivity index (χ1n) is 5.48. The van der Waals surface area contributed by atoms with Gasteiger partial charge in [-0.25, -0.2) is 0 Å². The van der Waals surface area contributed by atoms with E-state index >= 15 is 0 Å². The minimum atomic E-state index is -0.217. The lowest BCUT2D eigenvalue weighted by atomic mass is 10.1. The molecule has 0 aliphatic heterocycles. The summed E-state index contributed by atoms with van der Waals surface area (Å²) in [6.45, 7) is 6.50. The van der Waals surface area contributed by atoms with E-state index in [2.05, 4.69) is 0 Å². The SMILES string of the molecule is COc1ccccc1C(CN)OC(C)(C)C. The van der Waals surface area contributed by atoms with Crippen LogP contribution in [0.4, 0.5) is 0 Å². The summed E-state index contributed by atoms with van der Waals surface area (Å²) in [4.78, 5) is 0. The maximum atomic E-state index is 5.91. The summed E-state index contributed by atoms with van der Waals surface area (Å²) in [5.41, 5.74) is 6.54. The molecular formula is C13H21NO2. The molecule has 0 aliphatic rings. The molecule has 0 radical (unpaired) electrons. The average molecular weight is 223 g/mol. The monoisotopic (exact) mass is 223 g/mol. The molecule has 1 atom stereocenters. The summed E-state index contributed by atoms with van der Waals surface area (Å²) in [7, 11) is 1.66. The molecule has 16 heavy (non-hydrogen) atoms. The van der Waals surface area contributed by atoms with Crippen molar-refractivity contribution in [1.29, 1.82) is 0 Å². The first-order chi connectivity index (χ1) is 7.48. The molecule has 90 valence electrons. The third-order valence-electron chi connectivity index (χ3n) is 2.20. The third kappa shape index (κ3) is 3.51. The topological polar surface area (TPSA) is 44.5 Å². The van der Waals surface area contributed by atoms with Gasteiger partial charge < -0.3 is 15.2 Å². The van der Waals surface area contributed by atoms with Gasteiger partial charge in [0.05, 0.1) is 18.8 Å². The van der Waals surface area contributed by atoms with E-state index in [1.165, 1.54) is 0 Å². The second-order valence-electron chi connectivity index (χ2n) is 4.70. The van der Waals surface area contributed by atoms with Crippen molar-refractivity contribution in [3.8, 4) is 5.75 Å². The van der Waals surface area contributed by atoms with E-state index < -0.39 is 0 Å². The number of methoxy groups -OCH3 is 1. The third-order valence-corrected chi connectivity index (χ3v) is 2.20. The molecule has 0 aromatic heterocycles. The Morgan fingerprint density at radius 1 is 1.25 bits per heavy atom. The van der Waals surface area contributed by atoms with Crippen LogP contribution in [0, 0.1) is 0 Å². The van der Waals surface area contributed by atoms with Crippen molar-refractivity contribution in [2.45, 2.75) is 32.5 Å². The Hall–Kier alpha value is -1.06. The summed E-state index contributed by atoms with van der Waals surface area (Å²) >= 11 is 0. The smallest absolute Gasteiger partial charge is 0.124 e. The Morgan fingerprint density at radius 3 is 2.38 bits per heavy atom. The molecule has 0 heterocycles. The second-order valence-corrected chi connectivity index (χ2v) is 4.70. The van der Waals surface area contributed by atoms with Crippen LogP contribution in [0.1, 0.15) is 32.4 Å². The van der Waals surface area contributed by atoms with Crippen molar-refractivity contribution in [3.05, 3.63) is 29.8 Å². The van der Waals surface area contributed by atoms with Gasteiger partial charge in [0.1, 0.15) is 5.75 Å². The molecular weight excluding hydrogens is 202 g/mol. The molecule has 1 aromatic carbocycles. The van der Waals surface area contributed by atoms with Crippen LogP contribution in [0.25, 0.3) is 0 Å². The highest BCUT2D eigenvalue weighted by molar-refractivity contribution is 5.35. The number of benzene rings is 1. The number of rotatable bonds is 4. The zero-order chi connectivity index (χ0) is 12.2. The molecule has 1 aromatic rings. The van der Waals surface area contributed by atoms with E-state index in [1.54, 1.807) is 7.11 Å². The largest absolute Gasteiger partial charge is 0.496 e. The van der Waals surface area contributed by atoms with Gasteiger partial charge in [0.2, 0.25) is 0 Å². The van der Waals surface area contributed by atoms with E-state index in [9.17, 15) is 0 Å². The summed E-state index contributed by atoms with van der Waals surface area (Å²) in [5, 5.41) is 0. The Bertz CT molecular complexity index is 331. The number of para-hydroxylation sites is 1. The molecule has 3 heteroatoms. The van der Waals surface area contributed by atoms with Gasteiger partial charge in [0.25, 0.3) is 0 Å². The normalized spacial score (nSPS) is 13.6. The maximum Gasteiger partial charge on any atom is 0.124 e. The molecule has 3 nitrogen and oxygen atoms in total. The molecule has 0 aliphatic carbocycles. The second kappa shape index (κ2) is 5.32. The van der Waals surface area contributed by atoms with E-state index in [4.69, 9.17) is 15.2 Å². The fourth-order valence-electron chi connectivity index (χ4n) is 1.60. The minimum absolute atomic E-state index is 0.129. The van der Waals surface area contributed by atoms with Crippen LogP contribution >= 0.6 is 0 Å². The fraction of sp³-hybridized carbons (Fsp3) is 0.538. The summed E-state index contributed by atoms with van der Waals surface area (Å²) in [5.74, 6) is 0.821. The quantitative estimate of drug-likeness (QED) is 0.853. The van der Waals surface area contributed by atoms with E-state index in [-0.39, 0.29) is 11.7 Å². The minimum Gasteiger partial charge on any atom is -0.496 e. The zero-order valence-electron chi connectivity index (χ0n) is 10.5. The summed E-state index contributed by atoms with van der Waals surface area (Å²) in [6, 6.07) is 7.81.